The Morgan fingerprint density at radius 1 is 1.24 bits per heavy atom. The van der Waals surface area contributed by atoms with E-state index in [1.165, 1.54) is 13.0 Å². The monoisotopic (exact) mass is 307 g/mol. The minimum absolute atomic E-state index is 0.0579. The van der Waals surface area contributed by atoms with E-state index in [0.717, 1.165) is 12.6 Å². The number of aliphatic hydroxyl groups is 1. The van der Waals surface area contributed by atoms with E-state index in [9.17, 15) is 22.7 Å². The first kappa shape index (κ1) is 17.9. The minimum atomic E-state index is -4.77. The number of hydrogen-bond donors (Lipinski definition) is 2. The summed E-state index contributed by atoms with van der Waals surface area (Å²) in [5.41, 5.74) is -2.74. The van der Waals surface area contributed by atoms with Crippen molar-refractivity contribution in [2.45, 2.75) is 39.0 Å². The lowest BCUT2D eigenvalue weighted by Crippen LogP contribution is -2.30. The number of benzene rings is 1. The molecule has 1 aromatic rings. The molecule has 1 atom stereocenters. The van der Waals surface area contributed by atoms with Crippen LogP contribution >= 0.6 is 0 Å². The lowest BCUT2D eigenvalue weighted by molar-refractivity contribution is -0.140. The van der Waals surface area contributed by atoms with Gasteiger partial charge in [-0.15, -0.1) is 0 Å². The van der Waals surface area contributed by atoms with Crippen molar-refractivity contribution in [1.82, 2.24) is 5.32 Å². The Morgan fingerprint density at radius 2 is 1.86 bits per heavy atom. The van der Waals surface area contributed by atoms with Gasteiger partial charge in [0.2, 0.25) is 0 Å². The topological polar surface area (TPSA) is 32.3 Å². The maximum absolute atomic E-state index is 13.2. The number of alkyl halides is 3. The van der Waals surface area contributed by atoms with Gasteiger partial charge in [-0.05, 0) is 50.0 Å². The molecule has 21 heavy (non-hydrogen) atoms. The van der Waals surface area contributed by atoms with Crippen molar-refractivity contribution in [1.29, 1.82) is 0 Å². The Kier molecular flexibility index (Phi) is 5.75. The summed E-state index contributed by atoms with van der Waals surface area (Å²) in [6, 6.07) is 2.61. The quantitative estimate of drug-likeness (QED) is 0.620. The average molecular weight is 307 g/mol. The van der Waals surface area contributed by atoms with Crippen LogP contribution in [0.15, 0.2) is 18.2 Å². The molecule has 2 N–H and O–H groups in total. The van der Waals surface area contributed by atoms with E-state index in [0.29, 0.717) is 18.5 Å². The van der Waals surface area contributed by atoms with Crippen LogP contribution in [-0.2, 0) is 11.8 Å². The summed E-state index contributed by atoms with van der Waals surface area (Å²) in [4.78, 5) is 0. The first-order valence-corrected chi connectivity index (χ1v) is 6.84. The number of nitrogens with one attached hydrogen (secondary N) is 1. The van der Waals surface area contributed by atoms with E-state index in [1.807, 2.05) is 13.8 Å². The zero-order valence-electron chi connectivity index (χ0n) is 12.4. The molecule has 0 aromatic heterocycles. The third-order valence-corrected chi connectivity index (χ3v) is 3.23. The van der Waals surface area contributed by atoms with Gasteiger partial charge >= 0.3 is 6.18 Å². The Morgan fingerprint density at radius 3 is 2.38 bits per heavy atom. The van der Waals surface area contributed by atoms with E-state index < -0.39 is 23.2 Å². The minimum Gasteiger partial charge on any atom is -0.385 e. The maximum atomic E-state index is 13.2. The normalized spacial score (nSPS) is 15.3. The molecule has 0 bridgehead atoms. The molecular weight excluding hydrogens is 286 g/mol. The molecule has 0 aliphatic carbocycles. The maximum Gasteiger partial charge on any atom is 0.419 e. The SMILES string of the molecule is CC(C)CNCCC(C)(O)c1ccc(F)c(C(F)(F)F)c1. The van der Waals surface area contributed by atoms with Crippen molar-refractivity contribution in [2.75, 3.05) is 13.1 Å². The van der Waals surface area contributed by atoms with Gasteiger partial charge in [0.15, 0.2) is 0 Å². The smallest absolute Gasteiger partial charge is 0.385 e. The molecule has 0 amide bonds. The highest BCUT2D eigenvalue weighted by Gasteiger charge is 2.36. The second-order valence-electron chi connectivity index (χ2n) is 5.81. The summed E-state index contributed by atoms with van der Waals surface area (Å²) in [6.07, 6.45) is -4.53. The summed E-state index contributed by atoms with van der Waals surface area (Å²) >= 11 is 0. The molecular formula is C15H21F4NO. The van der Waals surface area contributed by atoms with Gasteiger partial charge < -0.3 is 10.4 Å². The van der Waals surface area contributed by atoms with Crippen LogP contribution in [0.3, 0.4) is 0 Å². The highest BCUT2D eigenvalue weighted by atomic mass is 19.4. The van der Waals surface area contributed by atoms with Gasteiger partial charge in [-0.2, -0.15) is 13.2 Å². The number of hydrogen-bond acceptors (Lipinski definition) is 2. The van der Waals surface area contributed by atoms with Crippen LogP contribution in [0, 0.1) is 11.7 Å². The predicted octanol–water partition coefficient (Wildman–Crippen LogP) is 3.69. The van der Waals surface area contributed by atoms with Crippen LogP contribution in [0.2, 0.25) is 0 Å². The third kappa shape index (κ3) is 5.28. The summed E-state index contributed by atoms with van der Waals surface area (Å²) in [5, 5.41) is 13.4. The fourth-order valence-corrected chi connectivity index (χ4v) is 1.94. The predicted molar refractivity (Wildman–Crippen MR) is 73.3 cm³/mol. The lowest BCUT2D eigenvalue weighted by atomic mass is 9.91. The van der Waals surface area contributed by atoms with Crippen LogP contribution in [-0.4, -0.2) is 18.2 Å². The molecule has 1 aromatic carbocycles. The Labute approximate surface area is 122 Å². The largest absolute Gasteiger partial charge is 0.419 e. The summed E-state index contributed by atoms with van der Waals surface area (Å²) < 4.78 is 51.3. The summed E-state index contributed by atoms with van der Waals surface area (Å²) in [6.45, 7) is 6.70. The molecule has 0 heterocycles. The molecule has 1 rings (SSSR count). The highest BCUT2D eigenvalue weighted by Crippen LogP contribution is 2.34. The molecule has 0 fully saturated rings. The molecule has 1 unspecified atom stereocenters. The molecule has 120 valence electrons. The van der Waals surface area contributed by atoms with E-state index in [4.69, 9.17) is 0 Å². The zero-order valence-corrected chi connectivity index (χ0v) is 12.4. The number of rotatable bonds is 6. The van der Waals surface area contributed by atoms with Gasteiger partial charge in [0.05, 0.1) is 11.2 Å². The second kappa shape index (κ2) is 6.75. The van der Waals surface area contributed by atoms with E-state index in [-0.39, 0.29) is 12.0 Å². The number of halogens is 4. The van der Waals surface area contributed by atoms with Crippen molar-refractivity contribution in [3.63, 3.8) is 0 Å². The fraction of sp³-hybridized carbons (Fsp3) is 0.600. The Bertz CT molecular complexity index is 469. The van der Waals surface area contributed by atoms with Gasteiger partial charge in [-0.25, -0.2) is 4.39 Å². The van der Waals surface area contributed by atoms with Crippen LogP contribution in [0.5, 0.6) is 0 Å². The summed E-state index contributed by atoms with van der Waals surface area (Å²) in [5.74, 6) is -0.891. The summed E-state index contributed by atoms with van der Waals surface area (Å²) in [7, 11) is 0. The van der Waals surface area contributed by atoms with Crippen molar-refractivity contribution >= 4 is 0 Å². The molecule has 0 saturated heterocycles. The zero-order chi connectivity index (χ0) is 16.3. The van der Waals surface area contributed by atoms with Crippen molar-refractivity contribution in [2.24, 2.45) is 5.92 Å². The highest BCUT2D eigenvalue weighted by molar-refractivity contribution is 5.30. The van der Waals surface area contributed by atoms with Crippen molar-refractivity contribution < 1.29 is 22.7 Å². The molecule has 0 radical (unpaired) electrons. The third-order valence-electron chi connectivity index (χ3n) is 3.23. The van der Waals surface area contributed by atoms with Gasteiger partial charge in [0.25, 0.3) is 0 Å². The molecule has 6 heteroatoms. The average Bonchev–Trinajstić information content (AvgIpc) is 2.33. The van der Waals surface area contributed by atoms with Crippen molar-refractivity contribution in [3.8, 4) is 0 Å². The van der Waals surface area contributed by atoms with Crippen molar-refractivity contribution in [3.05, 3.63) is 35.1 Å². The fourth-order valence-electron chi connectivity index (χ4n) is 1.94. The van der Waals surface area contributed by atoms with Crippen LogP contribution in [0.4, 0.5) is 17.6 Å². The van der Waals surface area contributed by atoms with E-state index in [2.05, 4.69) is 5.32 Å². The Hall–Kier alpha value is -1.14. The molecule has 0 spiro atoms. The lowest BCUT2D eigenvalue weighted by Gasteiger charge is -2.25. The van der Waals surface area contributed by atoms with Gasteiger partial charge in [0.1, 0.15) is 5.82 Å². The first-order valence-electron chi connectivity index (χ1n) is 6.84. The second-order valence-corrected chi connectivity index (χ2v) is 5.81. The molecule has 0 aliphatic rings. The van der Waals surface area contributed by atoms with Crippen LogP contribution in [0.1, 0.15) is 38.3 Å². The molecule has 0 saturated carbocycles. The van der Waals surface area contributed by atoms with Gasteiger partial charge in [-0.3, -0.25) is 0 Å². The van der Waals surface area contributed by atoms with E-state index in [1.54, 1.807) is 0 Å². The standard InChI is InChI=1S/C15H21F4NO/c1-10(2)9-20-7-6-14(3,21)11-4-5-13(16)12(8-11)15(17,18)19/h4-5,8,10,20-21H,6-7,9H2,1-3H3. The van der Waals surface area contributed by atoms with Gasteiger partial charge in [0, 0.05) is 0 Å². The first-order chi connectivity index (χ1) is 9.54. The Balaban J connectivity index is 2.83. The van der Waals surface area contributed by atoms with E-state index >= 15 is 0 Å². The van der Waals surface area contributed by atoms with Gasteiger partial charge in [-0.1, -0.05) is 19.9 Å². The van der Waals surface area contributed by atoms with Crippen LogP contribution < -0.4 is 5.32 Å². The van der Waals surface area contributed by atoms with Crippen LogP contribution in [0.25, 0.3) is 0 Å². The molecule has 2 nitrogen and oxygen atoms in total. The molecule has 0 aliphatic heterocycles.